The fourth-order valence-corrected chi connectivity index (χ4v) is 7.61. The molecule has 28 heavy (non-hydrogen) atoms. The van der Waals surface area contributed by atoms with Gasteiger partial charge in [0.2, 0.25) is 0 Å². The molecule has 0 bridgehead atoms. The minimum Gasteiger partial charge on any atom is -0.494 e. The van der Waals surface area contributed by atoms with Gasteiger partial charge in [0.15, 0.2) is 17.4 Å². The maximum absolute atomic E-state index is 15.8. The van der Waals surface area contributed by atoms with Crippen molar-refractivity contribution < 1.29 is 35.5 Å². The van der Waals surface area contributed by atoms with Crippen LogP contribution in [0, 0.1) is 17.5 Å². The highest BCUT2D eigenvalue weighted by atomic mass is 27.2. The van der Waals surface area contributed by atoms with Crippen LogP contribution in [0.1, 0.15) is 12.8 Å². The fourth-order valence-electron chi connectivity index (χ4n) is 3.66. The van der Waals surface area contributed by atoms with Crippen molar-refractivity contribution in [2.24, 2.45) is 0 Å². The molecule has 1 aromatic carbocycles. The summed E-state index contributed by atoms with van der Waals surface area (Å²) in [6, 6.07) is 0.407. The van der Waals surface area contributed by atoms with Crippen LogP contribution >= 0.6 is 0 Å². The molecule has 148 valence electrons. The van der Waals surface area contributed by atoms with Gasteiger partial charge in [-0.2, -0.15) is 0 Å². The summed E-state index contributed by atoms with van der Waals surface area (Å²) in [4.78, 5) is 0. The van der Waals surface area contributed by atoms with Crippen LogP contribution in [-0.2, 0) is 0 Å². The lowest BCUT2D eigenvalue weighted by Gasteiger charge is -2.38. The molecule has 0 N–H and O–H groups in total. The van der Waals surface area contributed by atoms with E-state index in [-0.39, 0.29) is 0 Å². The van der Waals surface area contributed by atoms with Gasteiger partial charge < -0.3 is 4.74 Å². The van der Waals surface area contributed by atoms with E-state index in [1.165, 1.54) is 0 Å². The summed E-state index contributed by atoms with van der Waals surface area (Å²) >= 11 is -4.35. The topological polar surface area (TPSA) is 9.23 Å². The first kappa shape index (κ1) is 20.7. The van der Waals surface area contributed by atoms with E-state index in [1.807, 2.05) is 0 Å². The van der Waals surface area contributed by atoms with E-state index < -0.39 is 75.3 Å². The van der Waals surface area contributed by atoms with E-state index >= 15 is 8.78 Å². The Balaban J connectivity index is 2.29. The minimum atomic E-state index is -4.35. The predicted molar refractivity (Wildman–Crippen MR) is 91.8 cm³/mol. The van der Waals surface area contributed by atoms with Crippen LogP contribution in [0.25, 0.3) is 0 Å². The zero-order valence-electron chi connectivity index (χ0n) is 14.6. The van der Waals surface area contributed by atoms with Crippen LogP contribution in [0.4, 0.5) is 30.7 Å². The molecule has 1 nitrogen and oxygen atoms in total. The molecule has 3 rings (SSSR count). The Morgan fingerprint density at radius 1 is 0.857 bits per heavy atom. The van der Waals surface area contributed by atoms with Crippen molar-refractivity contribution in [3.05, 3.63) is 71.6 Å². The number of halogens is 7. The number of ether oxygens (including phenoxy) is 1. The molecule has 0 saturated heterocycles. The Hall–Kier alpha value is -1.98. The smallest absolute Gasteiger partial charge is 0.433 e. The Kier molecular flexibility index (Phi) is 5.52. The minimum absolute atomic E-state index is 0.407. The first-order valence-electron chi connectivity index (χ1n) is 8.28. The molecule has 0 radical (unpaired) electrons. The van der Waals surface area contributed by atoms with Crippen LogP contribution in [0.2, 0.25) is 0 Å². The maximum Gasteiger partial charge on any atom is 0.433 e. The number of hydrogen-bond donors (Lipinski definition) is 0. The average Bonchev–Trinajstić information content (AvgIpc) is 2.60. The summed E-state index contributed by atoms with van der Waals surface area (Å²) in [6.07, 6.45) is 3.32. The second-order valence-electron chi connectivity index (χ2n) is 6.69. The Bertz CT molecular complexity index is 881. The molecule has 0 heterocycles. The molecule has 2 unspecified atom stereocenters. The Morgan fingerprint density at radius 2 is 1.36 bits per heavy atom. The highest BCUT2D eigenvalue weighted by molar-refractivity contribution is 6.79. The fraction of sp³-hybridized carbons (Fsp3) is 0.263. The molecule has 0 saturated carbocycles. The molecule has 0 amide bonds. The molecule has 2 atom stereocenters. The molecular weight excluding hydrogens is 404 g/mol. The second kappa shape index (κ2) is 7.45. The normalized spacial score (nSPS) is 26.7. The Labute approximate surface area is 160 Å². The first-order valence-corrected chi connectivity index (χ1v) is 10.0. The largest absolute Gasteiger partial charge is 0.494 e. The molecule has 9 heteroatoms. The molecule has 2 aliphatic carbocycles. The van der Waals surface area contributed by atoms with E-state index in [0.29, 0.717) is 6.07 Å². The van der Waals surface area contributed by atoms with Gasteiger partial charge in [0.1, 0.15) is 17.5 Å². The molecule has 0 aliphatic heterocycles. The van der Waals surface area contributed by atoms with Crippen LogP contribution < -0.4 is 9.16 Å². The van der Waals surface area contributed by atoms with Crippen molar-refractivity contribution in [1.82, 2.24) is 0 Å². The van der Waals surface area contributed by atoms with Gasteiger partial charge in [-0.25, -0.2) is 22.0 Å². The summed E-state index contributed by atoms with van der Waals surface area (Å²) in [5.74, 6) is -7.58. The number of benzene rings is 1. The average molecular weight is 418 g/mol. The summed E-state index contributed by atoms with van der Waals surface area (Å²) in [7, 11) is 0.971. The SMILES string of the molecule is COc1cc(F)c(F)[c]([Al]([C]2(F)C=CC=C(F)C2)[C]2(F)C=CC=C(F)C2)c1F. The lowest BCUT2D eigenvalue weighted by Crippen LogP contribution is -2.64. The standard InChI is InChI=1S/C7H4F3O.2C6H5F2.Al/c1-11-7-3-5(9)4(8)2-6(7)10;2*7-5-2-1-3-6(8)4-5;/h3H,1H3;2*1-3H,4H2;. The Morgan fingerprint density at radius 3 is 1.79 bits per heavy atom. The van der Waals surface area contributed by atoms with Gasteiger partial charge in [0.25, 0.3) is 0 Å². The van der Waals surface area contributed by atoms with Gasteiger partial charge in [-0.1, -0.05) is 24.3 Å². The van der Waals surface area contributed by atoms with E-state index in [4.69, 9.17) is 0 Å². The summed E-state index contributed by atoms with van der Waals surface area (Å²) < 4.78 is 101. The van der Waals surface area contributed by atoms with Gasteiger partial charge in [-0.05, 0) is 16.6 Å². The summed E-state index contributed by atoms with van der Waals surface area (Å²) in [5, 5.41) is 0. The van der Waals surface area contributed by atoms with Gasteiger partial charge >= 0.3 is 14.1 Å². The third kappa shape index (κ3) is 3.53. The van der Waals surface area contributed by atoms with Gasteiger partial charge in [-0.15, -0.1) is 0 Å². The third-order valence-corrected chi connectivity index (χ3v) is 8.60. The van der Waals surface area contributed by atoms with Gasteiger partial charge in [-0.3, -0.25) is 8.78 Å². The van der Waals surface area contributed by atoms with E-state index in [2.05, 4.69) is 4.74 Å². The second-order valence-corrected chi connectivity index (χ2v) is 10.1. The van der Waals surface area contributed by atoms with Crippen molar-refractivity contribution >= 4 is 18.6 Å². The highest BCUT2D eigenvalue weighted by Gasteiger charge is 2.61. The number of hydrogen-bond acceptors (Lipinski definition) is 1. The number of methoxy groups -OCH3 is 1. The molecule has 0 fully saturated rings. The monoisotopic (exact) mass is 418 g/mol. The van der Waals surface area contributed by atoms with E-state index in [0.717, 1.165) is 43.6 Å². The molecule has 0 spiro atoms. The van der Waals surface area contributed by atoms with Crippen molar-refractivity contribution in [3.63, 3.8) is 0 Å². The maximum atomic E-state index is 15.8. The van der Waals surface area contributed by atoms with Crippen molar-refractivity contribution in [3.8, 4) is 5.75 Å². The van der Waals surface area contributed by atoms with Crippen LogP contribution in [-0.4, -0.2) is 30.3 Å². The van der Waals surface area contributed by atoms with Crippen LogP contribution in [0.15, 0.2) is 54.2 Å². The van der Waals surface area contributed by atoms with Crippen LogP contribution in [0.3, 0.4) is 0 Å². The number of allylic oxidation sites excluding steroid dienone is 8. The highest BCUT2D eigenvalue weighted by Crippen LogP contribution is 2.42. The summed E-state index contributed by atoms with van der Waals surface area (Å²) in [6.45, 7) is 0. The number of rotatable bonds is 4. The van der Waals surface area contributed by atoms with Crippen LogP contribution in [0.5, 0.6) is 5.75 Å². The van der Waals surface area contributed by atoms with Crippen molar-refractivity contribution in [2.75, 3.05) is 7.11 Å². The first-order chi connectivity index (χ1) is 13.1. The lowest BCUT2D eigenvalue weighted by molar-refractivity contribution is 0.257. The summed E-state index contributed by atoms with van der Waals surface area (Å²) in [5.41, 5.74) is 0. The quantitative estimate of drug-likeness (QED) is 0.383. The molecule has 0 aromatic heterocycles. The molecule has 2 aliphatic rings. The van der Waals surface area contributed by atoms with E-state index in [9.17, 15) is 22.0 Å². The lowest BCUT2D eigenvalue weighted by atomic mass is 10.1. The zero-order valence-corrected chi connectivity index (χ0v) is 15.7. The van der Waals surface area contributed by atoms with Gasteiger partial charge in [0.05, 0.1) is 16.2 Å². The van der Waals surface area contributed by atoms with Crippen molar-refractivity contribution in [1.29, 1.82) is 0 Å². The molecular formula is C19H14AlF7O. The van der Waals surface area contributed by atoms with E-state index in [1.54, 1.807) is 0 Å². The van der Waals surface area contributed by atoms with Gasteiger partial charge in [0, 0.05) is 18.9 Å². The third-order valence-electron chi connectivity index (χ3n) is 4.81. The van der Waals surface area contributed by atoms with Crippen molar-refractivity contribution in [2.45, 2.75) is 21.9 Å². The number of alkyl halides is 2. The molecule has 1 aromatic rings. The predicted octanol–water partition coefficient (Wildman–Crippen LogP) is 4.94. The zero-order chi connectivity index (χ0) is 20.7.